The van der Waals surface area contributed by atoms with E-state index in [1.807, 2.05) is 17.5 Å². The van der Waals surface area contributed by atoms with Gasteiger partial charge in [0, 0.05) is 17.7 Å². The molecule has 2 amide bonds. The van der Waals surface area contributed by atoms with Gasteiger partial charge in [0.05, 0.1) is 10.6 Å². The molecule has 3 rings (SSSR count). The van der Waals surface area contributed by atoms with E-state index in [1.54, 1.807) is 42.1 Å². The lowest BCUT2D eigenvalue weighted by molar-refractivity contribution is 0.0843. The van der Waals surface area contributed by atoms with E-state index in [0.29, 0.717) is 16.3 Å². The highest BCUT2D eigenvalue weighted by Gasteiger charge is 2.18. The lowest BCUT2D eigenvalue weighted by atomic mass is 10.4. The molecule has 0 saturated heterocycles. The summed E-state index contributed by atoms with van der Waals surface area (Å²) in [5.74, 6) is -0.772. The summed E-state index contributed by atoms with van der Waals surface area (Å²) in [5, 5.41) is 2.76. The lowest BCUT2D eigenvalue weighted by Crippen LogP contribution is -2.42. The zero-order valence-corrected chi connectivity index (χ0v) is 16.0. The maximum Gasteiger partial charge on any atom is 0.286 e. The van der Waals surface area contributed by atoms with Gasteiger partial charge in [0.15, 0.2) is 0 Å². The summed E-state index contributed by atoms with van der Waals surface area (Å²) in [6, 6.07) is 5.57. The fourth-order valence-corrected chi connectivity index (χ4v) is 4.38. The number of aryl methyl sites for hydroxylation is 2. The third-order valence-corrected chi connectivity index (χ3v) is 5.86. The predicted molar refractivity (Wildman–Crippen MR) is 98.2 cm³/mol. The predicted octanol–water partition coefficient (Wildman–Crippen LogP) is 3.36. The minimum Gasteiger partial charge on any atom is -0.345 e. The Bertz CT molecular complexity index is 899. The van der Waals surface area contributed by atoms with Crippen LogP contribution in [0.5, 0.6) is 0 Å². The second-order valence-electron chi connectivity index (χ2n) is 4.97. The van der Waals surface area contributed by atoms with Gasteiger partial charge in [-0.3, -0.25) is 20.4 Å². The normalized spacial score (nSPS) is 10.6. The van der Waals surface area contributed by atoms with Crippen LogP contribution in [0.25, 0.3) is 9.88 Å². The molecule has 124 valence electrons. The molecule has 0 saturated carbocycles. The number of rotatable bonds is 3. The fraction of sp³-hybridized carbons (Fsp3) is 0.133. The summed E-state index contributed by atoms with van der Waals surface area (Å²) in [6.45, 7) is 1.78. The van der Waals surface area contributed by atoms with Crippen molar-refractivity contribution in [1.29, 1.82) is 0 Å². The SMILES string of the molecule is Cc1nc(-c2cccs2)sc1C(=O)NNC(=O)c1cc(Br)cn1C. The van der Waals surface area contributed by atoms with Crippen molar-refractivity contribution in [3.63, 3.8) is 0 Å². The number of hydrogen-bond acceptors (Lipinski definition) is 5. The van der Waals surface area contributed by atoms with E-state index < -0.39 is 5.91 Å². The van der Waals surface area contributed by atoms with Crippen molar-refractivity contribution in [3.8, 4) is 9.88 Å². The first-order valence-electron chi connectivity index (χ1n) is 6.89. The second-order valence-corrected chi connectivity index (χ2v) is 7.84. The Labute approximate surface area is 154 Å². The van der Waals surface area contributed by atoms with Crippen LogP contribution in [0.15, 0.2) is 34.2 Å². The highest BCUT2D eigenvalue weighted by Crippen LogP contribution is 2.30. The third kappa shape index (κ3) is 3.42. The number of carbonyl (C=O) groups excluding carboxylic acids is 2. The Hall–Kier alpha value is -1.97. The van der Waals surface area contributed by atoms with Gasteiger partial charge in [0.25, 0.3) is 11.8 Å². The summed E-state index contributed by atoms with van der Waals surface area (Å²) >= 11 is 6.18. The van der Waals surface area contributed by atoms with Crippen molar-refractivity contribution in [2.24, 2.45) is 7.05 Å². The average Bonchev–Trinajstić information content (AvgIpc) is 3.24. The van der Waals surface area contributed by atoms with Crippen LogP contribution in [0.3, 0.4) is 0 Å². The molecule has 0 bridgehead atoms. The zero-order valence-electron chi connectivity index (χ0n) is 12.8. The number of carbonyl (C=O) groups is 2. The van der Waals surface area contributed by atoms with Crippen LogP contribution >= 0.6 is 38.6 Å². The molecule has 0 aliphatic heterocycles. The van der Waals surface area contributed by atoms with Gasteiger partial charge >= 0.3 is 0 Å². The third-order valence-electron chi connectivity index (χ3n) is 3.23. The topological polar surface area (TPSA) is 76.0 Å². The van der Waals surface area contributed by atoms with E-state index in [2.05, 4.69) is 31.8 Å². The number of thiazole rings is 1. The van der Waals surface area contributed by atoms with Crippen LogP contribution in [0.1, 0.15) is 25.9 Å². The van der Waals surface area contributed by atoms with Crippen LogP contribution in [-0.2, 0) is 7.05 Å². The van der Waals surface area contributed by atoms with Crippen molar-refractivity contribution in [1.82, 2.24) is 20.4 Å². The molecule has 0 unspecified atom stereocenters. The average molecular weight is 425 g/mol. The number of amides is 2. The summed E-state index contributed by atoms with van der Waals surface area (Å²) in [6.07, 6.45) is 1.76. The molecule has 2 N–H and O–H groups in total. The minimum atomic E-state index is -0.391. The zero-order chi connectivity index (χ0) is 17.3. The molecule has 24 heavy (non-hydrogen) atoms. The molecule has 0 aliphatic rings. The van der Waals surface area contributed by atoms with Gasteiger partial charge in [-0.25, -0.2) is 4.98 Å². The highest BCUT2D eigenvalue weighted by atomic mass is 79.9. The van der Waals surface area contributed by atoms with Crippen molar-refractivity contribution < 1.29 is 9.59 Å². The number of nitrogens with zero attached hydrogens (tertiary/aromatic N) is 2. The molecule has 0 fully saturated rings. The van der Waals surface area contributed by atoms with Crippen molar-refractivity contribution in [2.75, 3.05) is 0 Å². The first kappa shape index (κ1) is 16.9. The largest absolute Gasteiger partial charge is 0.345 e. The molecule has 0 radical (unpaired) electrons. The monoisotopic (exact) mass is 424 g/mol. The van der Waals surface area contributed by atoms with Crippen LogP contribution in [0.4, 0.5) is 0 Å². The van der Waals surface area contributed by atoms with Gasteiger partial charge < -0.3 is 4.57 Å². The molecular formula is C15H13BrN4O2S2. The maximum absolute atomic E-state index is 12.3. The summed E-state index contributed by atoms with van der Waals surface area (Å²) in [7, 11) is 1.75. The molecule has 0 aliphatic carbocycles. The number of hydrazine groups is 1. The summed E-state index contributed by atoms with van der Waals surface area (Å²) < 4.78 is 2.46. The first-order valence-corrected chi connectivity index (χ1v) is 9.38. The Morgan fingerprint density at radius 2 is 2.04 bits per heavy atom. The standard InChI is InChI=1S/C15H13BrN4O2S2/c1-8-12(24-15(17-8)11-4-3-5-23-11)14(22)19-18-13(21)10-6-9(16)7-20(10)2/h3-7H,1-2H3,(H,18,21)(H,19,22). The Morgan fingerprint density at radius 3 is 2.67 bits per heavy atom. The van der Waals surface area contributed by atoms with E-state index in [9.17, 15) is 9.59 Å². The molecule has 3 heterocycles. The highest BCUT2D eigenvalue weighted by molar-refractivity contribution is 9.10. The van der Waals surface area contributed by atoms with Crippen molar-refractivity contribution >= 4 is 50.4 Å². The van der Waals surface area contributed by atoms with Gasteiger partial charge in [-0.2, -0.15) is 0 Å². The van der Waals surface area contributed by atoms with Crippen LogP contribution in [0.2, 0.25) is 0 Å². The molecule has 9 heteroatoms. The van der Waals surface area contributed by atoms with E-state index in [0.717, 1.165) is 14.4 Å². The van der Waals surface area contributed by atoms with Crippen LogP contribution in [-0.4, -0.2) is 21.4 Å². The van der Waals surface area contributed by atoms with Crippen LogP contribution < -0.4 is 10.9 Å². The maximum atomic E-state index is 12.3. The van der Waals surface area contributed by atoms with Crippen LogP contribution in [0, 0.1) is 6.92 Å². The molecule has 3 aromatic rings. The Kier molecular flexibility index (Phi) is 4.83. The minimum absolute atomic E-state index is 0.380. The smallest absolute Gasteiger partial charge is 0.286 e. The molecule has 3 aromatic heterocycles. The van der Waals surface area contributed by atoms with E-state index in [-0.39, 0.29) is 5.91 Å². The number of thiophene rings is 1. The summed E-state index contributed by atoms with van der Waals surface area (Å²) in [4.78, 5) is 30.3. The van der Waals surface area contributed by atoms with Gasteiger partial charge in [-0.15, -0.1) is 22.7 Å². The van der Waals surface area contributed by atoms with Crippen molar-refractivity contribution in [3.05, 3.63) is 50.5 Å². The van der Waals surface area contributed by atoms with Gasteiger partial charge in [-0.1, -0.05) is 6.07 Å². The van der Waals surface area contributed by atoms with Gasteiger partial charge in [0.2, 0.25) is 0 Å². The molecule has 0 atom stereocenters. The number of hydrogen-bond donors (Lipinski definition) is 2. The molecule has 0 aromatic carbocycles. The summed E-state index contributed by atoms with van der Waals surface area (Å²) in [5.41, 5.74) is 5.93. The number of halogens is 1. The van der Waals surface area contributed by atoms with E-state index in [1.165, 1.54) is 11.3 Å². The van der Waals surface area contributed by atoms with Gasteiger partial charge in [-0.05, 0) is 40.4 Å². The Balaban J connectivity index is 1.69. The van der Waals surface area contributed by atoms with E-state index in [4.69, 9.17) is 0 Å². The number of nitrogens with one attached hydrogen (secondary N) is 2. The second kappa shape index (κ2) is 6.88. The van der Waals surface area contributed by atoms with Crippen molar-refractivity contribution in [2.45, 2.75) is 6.92 Å². The molecular weight excluding hydrogens is 412 g/mol. The Morgan fingerprint density at radius 1 is 1.29 bits per heavy atom. The number of aromatic nitrogens is 2. The molecule has 0 spiro atoms. The van der Waals surface area contributed by atoms with Gasteiger partial charge in [0.1, 0.15) is 15.6 Å². The first-order chi connectivity index (χ1) is 11.5. The quantitative estimate of drug-likeness (QED) is 0.632. The van der Waals surface area contributed by atoms with E-state index >= 15 is 0 Å². The molecule has 6 nitrogen and oxygen atoms in total. The lowest BCUT2D eigenvalue weighted by Gasteiger charge is -2.07. The fourth-order valence-electron chi connectivity index (χ4n) is 2.10.